The number of aryl methyl sites for hydroxylation is 2. The van der Waals surface area contributed by atoms with Crippen molar-refractivity contribution in [2.75, 3.05) is 11.1 Å². The number of nitrogen functional groups attached to an aromatic ring is 1. The second-order valence-electron chi connectivity index (χ2n) is 6.78. The van der Waals surface area contributed by atoms with Gasteiger partial charge in [-0.3, -0.25) is 4.57 Å². The monoisotopic (exact) mass is 418 g/mol. The molecule has 1 unspecified atom stereocenters. The van der Waals surface area contributed by atoms with E-state index in [1.54, 1.807) is 0 Å². The number of hydrogen-bond acceptors (Lipinski definition) is 8. The predicted octanol–water partition coefficient (Wildman–Crippen LogP) is 4.25. The first kappa shape index (κ1) is 19.8. The number of nitrogens with one attached hydrogen (secondary N) is 1. The van der Waals surface area contributed by atoms with Gasteiger partial charge in [0.05, 0.1) is 10.9 Å². The van der Waals surface area contributed by atoms with E-state index in [1.807, 2.05) is 60.9 Å². The molecular weight excluding hydrogens is 396 g/mol. The van der Waals surface area contributed by atoms with E-state index in [0.29, 0.717) is 11.8 Å². The molecule has 2 aromatic heterocycles. The first-order valence-corrected chi connectivity index (χ1v) is 10.4. The minimum Gasteiger partial charge on any atom is -0.368 e. The molecule has 0 spiro atoms. The van der Waals surface area contributed by atoms with Crippen molar-refractivity contribution >= 4 is 29.3 Å². The lowest BCUT2D eigenvalue weighted by atomic mass is 10.2. The summed E-state index contributed by atoms with van der Waals surface area (Å²) in [5, 5.41) is 12.5. The molecule has 0 bridgehead atoms. The number of rotatable bonds is 6. The zero-order chi connectivity index (χ0) is 21.1. The van der Waals surface area contributed by atoms with E-state index in [0.717, 1.165) is 27.9 Å². The maximum Gasteiger partial charge on any atom is 0.232 e. The summed E-state index contributed by atoms with van der Waals surface area (Å²) < 4.78 is 2.05. The van der Waals surface area contributed by atoms with Crippen LogP contribution in [0.2, 0.25) is 0 Å². The minimum absolute atomic E-state index is 0.113. The third-order valence-electron chi connectivity index (χ3n) is 4.50. The average molecular weight is 419 g/mol. The van der Waals surface area contributed by atoms with E-state index in [2.05, 4.69) is 49.5 Å². The smallest absolute Gasteiger partial charge is 0.232 e. The minimum atomic E-state index is -0.113. The molecule has 0 fully saturated rings. The highest BCUT2D eigenvalue weighted by molar-refractivity contribution is 7.99. The quantitative estimate of drug-likeness (QED) is 0.448. The van der Waals surface area contributed by atoms with Gasteiger partial charge in [0.15, 0.2) is 5.16 Å². The highest BCUT2D eigenvalue weighted by Crippen LogP contribution is 2.34. The van der Waals surface area contributed by atoms with E-state index in [9.17, 15) is 0 Å². The molecule has 8 nitrogen and oxygen atoms in total. The van der Waals surface area contributed by atoms with E-state index < -0.39 is 0 Å². The summed E-state index contributed by atoms with van der Waals surface area (Å²) in [4.78, 5) is 13.1. The number of thioether (sulfide) groups is 1. The van der Waals surface area contributed by atoms with Crippen LogP contribution in [-0.2, 0) is 0 Å². The lowest BCUT2D eigenvalue weighted by Crippen LogP contribution is -2.09. The standard InChI is InChI=1S/C21H22N8S/c1-13-9-7-8-12-17(13)29-15(3)27-28-21(29)30-14(2)18-24-19(22)26-20(25-18)23-16-10-5-4-6-11-16/h4-12,14H,1-3H3,(H3,22,23,24,25,26). The second-order valence-corrected chi connectivity index (χ2v) is 8.09. The zero-order valence-electron chi connectivity index (χ0n) is 16.9. The van der Waals surface area contributed by atoms with Crippen molar-refractivity contribution in [3.8, 4) is 5.69 Å². The predicted molar refractivity (Wildman–Crippen MR) is 119 cm³/mol. The van der Waals surface area contributed by atoms with Crippen LogP contribution in [0.25, 0.3) is 5.69 Å². The van der Waals surface area contributed by atoms with Crippen molar-refractivity contribution in [3.63, 3.8) is 0 Å². The Balaban J connectivity index is 1.61. The third kappa shape index (κ3) is 4.25. The highest BCUT2D eigenvalue weighted by atomic mass is 32.2. The molecule has 0 amide bonds. The number of nitrogens with zero attached hydrogens (tertiary/aromatic N) is 6. The Hall–Kier alpha value is -3.46. The molecule has 0 aliphatic heterocycles. The van der Waals surface area contributed by atoms with Crippen LogP contribution in [-0.4, -0.2) is 29.7 Å². The van der Waals surface area contributed by atoms with Gasteiger partial charge < -0.3 is 11.1 Å². The van der Waals surface area contributed by atoms with Crippen LogP contribution >= 0.6 is 11.8 Å². The molecule has 2 aromatic carbocycles. The molecule has 4 aromatic rings. The van der Waals surface area contributed by atoms with Gasteiger partial charge >= 0.3 is 0 Å². The largest absolute Gasteiger partial charge is 0.368 e. The Morgan fingerprint density at radius 3 is 2.43 bits per heavy atom. The zero-order valence-corrected chi connectivity index (χ0v) is 17.8. The summed E-state index contributed by atoms with van der Waals surface area (Å²) in [6.07, 6.45) is 0. The molecule has 0 saturated heterocycles. The summed E-state index contributed by atoms with van der Waals surface area (Å²) >= 11 is 1.52. The fraction of sp³-hybridized carbons (Fsp3) is 0.190. The Morgan fingerprint density at radius 2 is 1.67 bits per heavy atom. The molecule has 152 valence electrons. The van der Waals surface area contributed by atoms with Crippen molar-refractivity contribution in [1.82, 2.24) is 29.7 Å². The third-order valence-corrected chi connectivity index (χ3v) is 5.54. The van der Waals surface area contributed by atoms with Gasteiger partial charge in [0, 0.05) is 5.69 Å². The molecule has 0 aliphatic rings. The van der Waals surface area contributed by atoms with Gasteiger partial charge in [0.25, 0.3) is 0 Å². The topological polar surface area (TPSA) is 107 Å². The van der Waals surface area contributed by atoms with Gasteiger partial charge in [-0.2, -0.15) is 15.0 Å². The fourth-order valence-electron chi connectivity index (χ4n) is 3.02. The molecule has 0 aliphatic carbocycles. The molecule has 0 saturated carbocycles. The van der Waals surface area contributed by atoms with Crippen LogP contribution in [0, 0.1) is 13.8 Å². The SMILES string of the molecule is Cc1ccccc1-n1c(C)nnc1SC(C)c1nc(N)nc(Nc2ccccc2)n1. The number of para-hydroxylation sites is 2. The molecule has 9 heteroatoms. The summed E-state index contributed by atoms with van der Waals surface area (Å²) in [5.41, 5.74) is 9.02. The van der Waals surface area contributed by atoms with E-state index in [-0.39, 0.29) is 11.2 Å². The summed E-state index contributed by atoms with van der Waals surface area (Å²) in [5.74, 6) is 1.97. The highest BCUT2D eigenvalue weighted by Gasteiger charge is 2.20. The maximum atomic E-state index is 5.94. The second kappa shape index (κ2) is 8.50. The summed E-state index contributed by atoms with van der Waals surface area (Å²) in [7, 11) is 0. The van der Waals surface area contributed by atoms with Gasteiger partial charge in [0.2, 0.25) is 11.9 Å². The van der Waals surface area contributed by atoms with Crippen LogP contribution in [0.5, 0.6) is 0 Å². The van der Waals surface area contributed by atoms with Crippen molar-refractivity contribution in [2.45, 2.75) is 31.2 Å². The Morgan fingerprint density at radius 1 is 0.933 bits per heavy atom. The van der Waals surface area contributed by atoms with Crippen LogP contribution in [0.15, 0.2) is 59.8 Å². The molecule has 4 rings (SSSR count). The Bertz CT molecular complexity index is 1160. The van der Waals surface area contributed by atoms with Crippen molar-refractivity contribution in [3.05, 3.63) is 71.8 Å². The van der Waals surface area contributed by atoms with Crippen LogP contribution in [0.1, 0.15) is 29.4 Å². The van der Waals surface area contributed by atoms with E-state index in [4.69, 9.17) is 5.73 Å². The van der Waals surface area contributed by atoms with E-state index in [1.165, 1.54) is 11.8 Å². The van der Waals surface area contributed by atoms with Crippen LogP contribution in [0.4, 0.5) is 17.6 Å². The first-order chi connectivity index (χ1) is 14.5. The number of aromatic nitrogens is 6. The van der Waals surface area contributed by atoms with E-state index >= 15 is 0 Å². The molecular formula is C21H22N8S. The Labute approximate surface area is 179 Å². The van der Waals surface area contributed by atoms with Crippen molar-refractivity contribution in [2.24, 2.45) is 0 Å². The van der Waals surface area contributed by atoms with Crippen LogP contribution < -0.4 is 11.1 Å². The summed E-state index contributed by atoms with van der Waals surface area (Å²) in [6.45, 7) is 6.02. The molecule has 3 N–H and O–H groups in total. The van der Waals surface area contributed by atoms with Crippen molar-refractivity contribution < 1.29 is 0 Å². The molecule has 30 heavy (non-hydrogen) atoms. The number of hydrogen-bond donors (Lipinski definition) is 2. The first-order valence-electron chi connectivity index (χ1n) is 9.49. The Kier molecular flexibility index (Phi) is 5.62. The van der Waals surface area contributed by atoms with Gasteiger partial charge in [-0.15, -0.1) is 10.2 Å². The lowest BCUT2D eigenvalue weighted by molar-refractivity contribution is 0.842. The number of nitrogens with two attached hydrogens (primary N) is 1. The fourth-order valence-corrected chi connectivity index (χ4v) is 3.97. The lowest BCUT2D eigenvalue weighted by Gasteiger charge is -2.14. The maximum absolute atomic E-state index is 5.94. The number of benzene rings is 2. The molecule has 1 atom stereocenters. The van der Waals surface area contributed by atoms with Crippen molar-refractivity contribution in [1.29, 1.82) is 0 Å². The van der Waals surface area contributed by atoms with Gasteiger partial charge in [0.1, 0.15) is 11.6 Å². The normalized spacial score (nSPS) is 12.0. The average Bonchev–Trinajstić information content (AvgIpc) is 3.08. The van der Waals surface area contributed by atoms with Crippen LogP contribution in [0.3, 0.4) is 0 Å². The molecule has 0 radical (unpaired) electrons. The van der Waals surface area contributed by atoms with Gasteiger partial charge in [-0.1, -0.05) is 48.2 Å². The van der Waals surface area contributed by atoms with Gasteiger partial charge in [-0.25, -0.2) is 0 Å². The summed E-state index contributed by atoms with van der Waals surface area (Å²) in [6, 6.07) is 17.8. The number of anilines is 3. The van der Waals surface area contributed by atoms with Gasteiger partial charge in [-0.05, 0) is 44.5 Å². The molecule has 2 heterocycles.